The van der Waals surface area contributed by atoms with E-state index in [1.54, 1.807) is 13.8 Å². The number of hydrogen-bond donors (Lipinski definition) is 0. The summed E-state index contributed by atoms with van der Waals surface area (Å²) in [5.74, 6) is 1.43. The molecular formula is C21H31FO2S. The fourth-order valence-corrected chi connectivity index (χ4v) is 5.73. The summed E-state index contributed by atoms with van der Waals surface area (Å²) in [5, 5.41) is -0.256. The number of benzene rings is 1. The normalized spacial score (nSPS) is 26.8. The Kier molecular flexibility index (Phi) is 5.87. The Morgan fingerprint density at radius 3 is 2.36 bits per heavy atom. The zero-order valence-electron chi connectivity index (χ0n) is 15.5. The quantitative estimate of drug-likeness (QED) is 0.732. The van der Waals surface area contributed by atoms with Crippen LogP contribution in [0.4, 0.5) is 4.39 Å². The number of halogens is 1. The minimum Gasteiger partial charge on any atom is -0.247 e. The van der Waals surface area contributed by atoms with Gasteiger partial charge in [0.1, 0.15) is 6.17 Å². The average Bonchev–Trinajstić information content (AvgIpc) is 2.93. The first-order valence-corrected chi connectivity index (χ1v) is 11.5. The van der Waals surface area contributed by atoms with Gasteiger partial charge in [-0.25, -0.2) is 12.8 Å². The Hall–Kier alpha value is -0.900. The zero-order valence-corrected chi connectivity index (χ0v) is 16.3. The first-order chi connectivity index (χ1) is 11.8. The predicted molar refractivity (Wildman–Crippen MR) is 101 cm³/mol. The average molecular weight is 367 g/mol. The van der Waals surface area contributed by atoms with Crippen molar-refractivity contribution in [1.29, 1.82) is 0 Å². The van der Waals surface area contributed by atoms with Crippen LogP contribution >= 0.6 is 0 Å². The van der Waals surface area contributed by atoms with Crippen LogP contribution in [0.1, 0.15) is 62.6 Å². The lowest BCUT2D eigenvalue weighted by Gasteiger charge is -2.29. The monoisotopic (exact) mass is 366 g/mol. The van der Waals surface area contributed by atoms with E-state index < -0.39 is 16.0 Å². The highest BCUT2D eigenvalue weighted by Crippen LogP contribution is 2.33. The molecule has 1 fully saturated rings. The SMILES string of the molecule is CC(C)S(=O)(=O)CC1CCC(CCc2ccc3c(c2)CC(F)C3)CC1. The van der Waals surface area contributed by atoms with Gasteiger partial charge in [-0.3, -0.25) is 0 Å². The second kappa shape index (κ2) is 7.77. The van der Waals surface area contributed by atoms with Crippen LogP contribution in [0.15, 0.2) is 18.2 Å². The van der Waals surface area contributed by atoms with Crippen molar-refractivity contribution in [2.24, 2.45) is 11.8 Å². The molecule has 2 nitrogen and oxygen atoms in total. The van der Waals surface area contributed by atoms with Gasteiger partial charge in [0.2, 0.25) is 0 Å². The van der Waals surface area contributed by atoms with Gasteiger partial charge in [0, 0.05) is 12.8 Å². The summed E-state index contributed by atoms with van der Waals surface area (Å²) in [5.41, 5.74) is 3.72. The minimum absolute atomic E-state index is 0.256. The molecule has 2 aliphatic carbocycles. The second-order valence-corrected chi connectivity index (χ2v) is 11.0. The Morgan fingerprint density at radius 2 is 1.68 bits per heavy atom. The van der Waals surface area contributed by atoms with Gasteiger partial charge >= 0.3 is 0 Å². The molecule has 0 aromatic heterocycles. The van der Waals surface area contributed by atoms with Crippen LogP contribution in [0.2, 0.25) is 0 Å². The summed E-state index contributed by atoms with van der Waals surface area (Å²) in [6.45, 7) is 3.56. The van der Waals surface area contributed by atoms with Gasteiger partial charge in [-0.15, -0.1) is 0 Å². The molecule has 0 bridgehead atoms. The molecule has 0 spiro atoms. The molecule has 1 atom stereocenters. The highest BCUT2D eigenvalue weighted by atomic mass is 32.2. The minimum atomic E-state index is -2.91. The van der Waals surface area contributed by atoms with E-state index in [1.165, 1.54) is 23.1 Å². The highest BCUT2D eigenvalue weighted by Gasteiger charge is 2.27. The van der Waals surface area contributed by atoms with E-state index in [-0.39, 0.29) is 5.25 Å². The maximum absolute atomic E-state index is 13.5. The number of aryl methyl sites for hydroxylation is 1. The van der Waals surface area contributed by atoms with Crippen LogP contribution in [-0.2, 0) is 29.1 Å². The Morgan fingerprint density at radius 1 is 1.04 bits per heavy atom. The van der Waals surface area contributed by atoms with E-state index in [4.69, 9.17) is 0 Å². The van der Waals surface area contributed by atoms with Crippen molar-refractivity contribution in [2.45, 2.75) is 76.6 Å². The molecule has 140 valence electrons. The lowest BCUT2D eigenvalue weighted by Crippen LogP contribution is -2.26. The van der Waals surface area contributed by atoms with Crippen LogP contribution in [-0.4, -0.2) is 25.6 Å². The summed E-state index contributed by atoms with van der Waals surface area (Å²) >= 11 is 0. The molecular weight excluding hydrogens is 335 g/mol. The van der Waals surface area contributed by atoms with Crippen molar-refractivity contribution in [1.82, 2.24) is 0 Å². The second-order valence-electron chi connectivity index (χ2n) is 8.41. The van der Waals surface area contributed by atoms with Crippen LogP contribution < -0.4 is 0 Å². The van der Waals surface area contributed by atoms with Crippen molar-refractivity contribution in [2.75, 3.05) is 5.75 Å². The Bertz CT molecular complexity index is 688. The van der Waals surface area contributed by atoms with Crippen LogP contribution in [0, 0.1) is 11.8 Å². The number of fused-ring (bicyclic) bond motifs is 1. The summed E-state index contributed by atoms with van der Waals surface area (Å²) < 4.78 is 37.6. The van der Waals surface area contributed by atoms with Crippen molar-refractivity contribution in [3.63, 3.8) is 0 Å². The lowest BCUT2D eigenvalue weighted by atomic mass is 9.80. The van der Waals surface area contributed by atoms with E-state index in [1.807, 2.05) is 0 Å². The van der Waals surface area contributed by atoms with E-state index in [0.717, 1.165) is 32.1 Å². The highest BCUT2D eigenvalue weighted by molar-refractivity contribution is 7.91. The molecule has 0 N–H and O–H groups in total. The molecule has 1 unspecified atom stereocenters. The molecule has 25 heavy (non-hydrogen) atoms. The van der Waals surface area contributed by atoms with Crippen molar-refractivity contribution < 1.29 is 12.8 Å². The maximum atomic E-state index is 13.5. The molecule has 1 aromatic rings. The molecule has 0 amide bonds. The molecule has 0 heterocycles. The Balaban J connectivity index is 1.45. The third-order valence-electron chi connectivity index (χ3n) is 6.15. The number of rotatable bonds is 6. The number of sulfone groups is 1. The lowest BCUT2D eigenvalue weighted by molar-refractivity contribution is 0.278. The predicted octanol–water partition coefficient (Wildman–Crippen LogP) is 4.69. The first kappa shape index (κ1) is 18.9. The van der Waals surface area contributed by atoms with Gasteiger partial charge in [0.25, 0.3) is 0 Å². The summed E-state index contributed by atoms with van der Waals surface area (Å²) in [6, 6.07) is 6.48. The largest absolute Gasteiger partial charge is 0.247 e. The van der Waals surface area contributed by atoms with E-state index in [9.17, 15) is 12.8 Å². The number of hydrogen-bond acceptors (Lipinski definition) is 2. The Labute approximate surface area is 152 Å². The van der Waals surface area contributed by atoms with Crippen LogP contribution in [0.5, 0.6) is 0 Å². The van der Waals surface area contributed by atoms with Crippen molar-refractivity contribution in [3.8, 4) is 0 Å². The van der Waals surface area contributed by atoms with Gasteiger partial charge in [0.05, 0.1) is 11.0 Å². The van der Waals surface area contributed by atoms with Crippen molar-refractivity contribution >= 4 is 9.84 Å². The molecule has 0 saturated heterocycles. The molecule has 1 aromatic carbocycles. The van der Waals surface area contributed by atoms with Gasteiger partial charge in [-0.2, -0.15) is 0 Å². The molecule has 0 radical (unpaired) electrons. The van der Waals surface area contributed by atoms with Gasteiger partial charge < -0.3 is 0 Å². The summed E-state index contributed by atoms with van der Waals surface area (Å²) in [7, 11) is -2.91. The topological polar surface area (TPSA) is 34.1 Å². The van der Waals surface area contributed by atoms with Gasteiger partial charge in [0.15, 0.2) is 9.84 Å². The maximum Gasteiger partial charge on any atom is 0.152 e. The molecule has 4 heteroatoms. The molecule has 1 saturated carbocycles. The fourth-order valence-electron chi connectivity index (χ4n) is 4.35. The van der Waals surface area contributed by atoms with Gasteiger partial charge in [-0.05, 0) is 68.1 Å². The van der Waals surface area contributed by atoms with E-state index in [0.29, 0.717) is 30.4 Å². The number of alkyl halides is 1. The fraction of sp³-hybridized carbons (Fsp3) is 0.714. The molecule has 3 rings (SSSR count). The summed E-state index contributed by atoms with van der Waals surface area (Å²) in [6.07, 6.45) is 7.09. The smallest absolute Gasteiger partial charge is 0.152 e. The third kappa shape index (κ3) is 4.84. The first-order valence-electron chi connectivity index (χ1n) is 9.80. The van der Waals surface area contributed by atoms with E-state index in [2.05, 4.69) is 18.2 Å². The van der Waals surface area contributed by atoms with Crippen LogP contribution in [0.3, 0.4) is 0 Å². The third-order valence-corrected chi connectivity index (χ3v) is 8.52. The van der Waals surface area contributed by atoms with Gasteiger partial charge in [-0.1, -0.05) is 31.0 Å². The standard InChI is InChI=1S/C21H31FO2S/c1-15(2)25(23,24)14-18-7-4-16(5-8-18)3-6-17-9-10-19-12-21(22)13-20(19)11-17/h9-11,15-16,18,21H,3-8,12-14H2,1-2H3. The van der Waals surface area contributed by atoms with Crippen LogP contribution in [0.25, 0.3) is 0 Å². The zero-order chi connectivity index (χ0) is 18.0. The van der Waals surface area contributed by atoms with Crippen molar-refractivity contribution in [3.05, 3.63) is 34.9 Å². The molecule has 0 aliphatic heterocycles. The molecule has 2 aliphatic rings. The van der Waals surface area contributed by atoms with E-state index >= 15 is 0 Å². The summed E-state index contributed by atoms with van der Waals surface area (Å²) in [4.78, 5) is 0.